The van der Waals surface area contributed by atoms with E-state index in [1.807, 2.05) is 6.92 Å². The van der Waals surface area contributed by atoms with Crippen LogP contribution in [-0.2, 0) is 48.2 Å². The van der Waals surface area contributed by atoms with Crippen molar-refractivity contribution in [1.29, 1.82) is 0 Å². The molecule has 0 radical (unpaired) electrons. The van der Waals surface area contributed by atoms with Crippen LogP contribution in [0.1, 0.15) is 72.2 Å². The molecule has 4 aromatic heterocycles. The molecule has 0 aliphatic heterocycles. The number of rotatable bonds is 10. The highest BCUT2D eigenvalue weighted by Crippen LogP contribution is 2.11. The summed E-state index contributed by atoms with van der Waals surface area (Å²) < 4.78 is 47.7. The number of carbonyl (C=O) groups is 4. The molecule has 0 fully saturated rings. The second kappa shape index (κ2) is 21.6. The van der Waals surface area contributed by atoms with Crippen molar-refractivity contribution in [1.82, 2.24) is 0 Å². The van der Waals surface area contributed by atoms with Crippen LogP contribution in [0.5, 0.6) is 0 Å². The number of hydrogen-bond acceptors (Lipinski definition) is 15. The Morgan fingerprint density at radius 1 is 0.565 bits per heavy atom. The maximum Gasteiger partial charge on any atom is 0.373 e. The van der Waals surface area contributed by atoms with Gasteiger partial charge in [0, 0.05) is 13.7 Å². The van der Waals surface area contributed by atoms with Crippen LogP contribution in [0.4, 0.5) is 0 Å². The number of aliphatic hydroxyl groups excluding tert-OH is 1. The van der Waals surface area contributed by atoms with Gasteiger partial charge in [-0.25, -0.2) is 19.2 Å². The number of carbonyl (C=O) groups excluding carboxylic acids is 4. The van der Waals surface area contributed by atoms with Crippen molar-refractivity contribution in [2.45, 2.75) is 33.7 Å². The molecule has 1 N–H and O–H groups in total. The Kier molecular flexibility index (Phi) is 18.2. The monoisotopic (exact) mass is 650 g/mol. The largest absolute Gasteiger partial charge is 0.463 e. The number of methoxy groups -OCH3 is 5. The molecule has 0 saturated carbocycles. The minimum absolute atomic E-state index is 0.108. The maximum absolute atomic E-state index is 10.9. The van der Waals surface area contributed by atoms with Gasteiger partial charge in [-0.1, -0.05) is 0 Å². The molecule has 0 amide bonds. The minimum atomic E-state index is -0.537. The molecule has 15 heteroatoms. The number of furan rings is 4. The highest BCUT2D eigenvalue weighted by atomic mass is 16.6. The first-order valence-corrected chi connectivity index (χ1v) is 13.4. The van der Waals surface area contributed by atoms with Crippen molar-refractivity contribution in [3.8, 4) is 0 Å². The first-order chi connectivity index (χ1) is 22.1. The Morgan fingerprint density at radius 2 is 0.935 bits per heavy atom. The van der Waals surface area contributed by atoms with E-state index < -0.39 is 23.9 Å². The molecular formula is C31H38O15. The summed E-state index contributed by atoms with van der Waals surface area (Å²) in [5.41, 5.74) is 0. The van der Waals surface area contributed by atoms with Crippen LogP contribution < -0.4 is 0 Å². The van der Waals surface area contributed by atoms with Gasteiger partial charge in [0.1, 0.15) is 42.9 Å². The van der Waals surface area contributed by atoms with Gasteiger partial charge in [0.15, 0.2) is 0 Å². The first kappa shape index (κ1) is 38.9. The molecule has 0 spiro atoms. The summed E-state index contributed by atoms with van der Waals surface area (Å²) in [5.74, 6) is 1.14. The van der Waals surface area contributed by atoms with E-state index in [1.165, 1.54) is 40.6 Å². The molecule has 0 atom stereocenters. The van der Waals surface area contributed by atoms with E-state index in [0.29, 0.717) is 42.9 Å². The summed E-state index contributed by atoms with van der Waals surface area (Å²) in [6, 6.07) is 12.8. The van der Waals surface area contributed by atoms with E-state index in [9.17, 15) is 19.2 Å². The van der Waals surface area contributed by atoms with E-state index in [0.717, 1.165) is 0 Å². The lowest BCUT2D eigenvalue weighted by molar-refractivity contribution is 0.0547. The van der Waals surface area contributed by atoms with Gasteiger partial charge in [0.05, 0.1) is 28.4 Å². The van der Waals surface area contributed by atoms with Gasteiger partial charge in [0.25, 0.3) is 0 Å². The fourth-order valence-electron chi connectivity index (χ4n) is 2.99. The number of hydrogen-bond donors (Lipinski definition) is 1. The molecule has 4 heterocycles. The molecular weight excluding hydrogens is 612 g/mol. The lowest BCUT2D eigenvalue weighted by atomic mass is 10.4. The molecule has 252 valence electrons. The van der Waals surface area contributed by atoms with Crippen LogP contribution in [0, 0.1) is 6.92 Å². The van der Waals surface area contributed by atoms with E-state index in [4.69, 9.17) is 32.2 Å². The third kappa shape index (κ3) is 13.7. The predicted octanol–water partition coefficient (Wildman–Crippen LogP) is 4.75. The van der Waals surface area contributed by atoms with Gasteiger partial charge in [-0.15, -0.1) is 0 Å². The van der Waals surface area contributed by atoms with Crippen LogP contribution >= 0.6 is 0 Å². The Bertz CT molecular complexity index is 1470. The molecule has 0 aliphatic carbocycles. The van der Waals surface area contributed by atoms with E-state index in [-0.39, 0.29) is 29.6 Å². The Balaban J connectivity index is 0.000000308. The van der Waals surface area contributed by atoms with Gasteiger partial charge in [-0.05, 0) is 62.4 Å². The quantitative estimate of drug-likeness (QED) is 0.182. The van der Waals surface area contributed by atoms with Crippen LogP contribution in [0.2, 0.25) is 0 Å². The second-order valence-corrected chi connectivity index (χ2v) is 8.40. The van der Waals surface area contributed by atoms with Crippen LogP contribution in [0.25, 0.3) is 0 Å². The van der Waals surface area contributed by atoms with Gasteiger partial charge < -0.3 is 51.2 Å². The molecule has 0 bridgehead atoms. The number of esters is 4. The first-order valence-electron chi connectivity index (χ1n) is 13.4. The number of ether oxygens (including phenoxy) is 6. The predicted molar refractivity (Wildman–Crippen MR) is 157 cm³/mol. The standard InChI is InChI=1S/C9H12O4.C8H10O4.C7H8O4.C7H8O3/c1-3-12-6-7-4-5-8(13-7)9(10)11-2;1-10-5-6-3-4-7(12-6)8(9)11-2;1-10-7(9)6-3-2-5(4-8)11-6;1-5-3-4-6(10-5)7(8)9-2/h4-5H,3,6H2,1-2H3;3-4H,5H2,1-2H3;2-3,8H,4H2,1H3;3-4H,1-2H3. The zero-order valence-electron chi connectivity index (χ0n) is 26.6. The molecule has 46 heavy (non-hydrogen) atoms. The third-order valence-electron chi connectivity index (χ3n) is 5.16. The van der Waals surface area contributed by atoms with Crippen molar-refractivity contribution >= 4 is 23.9 Å². The fourth-order valence-corrected chi connectivity index (χ4v) is 2.99. The Labute approximate surface area is 264 Å². The zero-order chi connectivity index (χ0) is 34.5. The SMILES string of the molecule is CCOCc1ccc(C(=O)OC)o1.COC(=O)c1ccc(C)o1.COC(=O)c1ccc(CO)o1.COCc1ccc(C(=O)OC)o1. The van der Waals surface area contributed by atoms with Gasteiger partial charge in [-0.3, -0.25) is 0 Å². The smallest absolute Gasteiger partial charge is 0.373 e. The van der Waals surface area contributed by atoms with Crippen molar-refractivity contribution < 1.29 is 70.4 Å². The maximum atomic E-state index is 10.9. The van der Waals surface area contributed by atoms with Gasteiger partial charge in [0.2, 0.25) is 23.0 Å². The van der Waals surface area contributed by atoms with Crippen molar-refractivity contribution in [3.05, 3.63) is 94.6 Å². The summed E-state index contributed by atoms with van der Waals surface area (Å²) >= 11 is 0. The topological polar surface area (TPSA) is 196 Å². The van der Waals surface area contributed by atoms with Crippen molar-refractivity contribution in [2.75, 3.05) is 42.2 Å². The average molecular weight is 651 g/mol. The summed E-state index contributed by atoms with van der Waals surface area (Å²) in [5, 5.41) is 8.56. The average Bonchev–Trinajstić information content (AvgIpc) is 3.91. The molecule has 15 nitrogen and oxygen atoms in total. The van der Waals surface area contributed by atoms with Crippen LogP contribution in [0.15, 0.2) is 66.2 Å². The second-order valence-electron chi connectivity index (χ2n) is 8.40. The highest BCUT2D eigenvalue weighted by Gasteiger charge is 2.12. The Morgan fingerprint density at radius 3 is 1.26 bits per heavy atom. The van der Waals surface area contributed by atoms with Crippen molar-refractivity contribution in [2.24, 2.45) is 0 Å². The molecule has 0 aromatic carbocycles. The fraction of sp³-hybridized carbons (Fsp3) is 0.355. The summed E-state index contributed by atoms with van der Waals surface area (Å²) in [6.45, 7) is 4.81. The molecule has 0 aliphatic rings. The number of aliphatic hydroxyl groups is 1. The van der Waals surface area contributed by atoms with E-state index in [1.54, 1.807) is 50.4 Å². The van der Waals surface area contributed by atoms with Gasteiger partial charge >= 0.3 is 23.9 Å². The van der Waals surface area contributed by atoms with Crippen LogP contribution in [0.3, 0.4) is 0 Å². The summed E-state index contributed by atoms with van der Waals surface area (Å²) in [7, 11) is 6.76. The molecule has 0 saturated heterocycles. The summed E-state index contributed by atoms with van der Waals surface area (Å²) in [4.78, 5) is 43.3. The lowest BCUT2D eigenvalue weighted by Gasteiger charge is -1.96. The normalized spacial score (nSPS) is 9.74. The van der Waals surface area contributed by atoms with E-state index >= 15 is 0 Å². The lowest BCUT2D eigenvalue weighted by Crippen LogP contribution is -1.98. The van der Waals surface area contributed by atoms with Crippen molar-refractivity contribution in [3.63, 3.8) is 0 Å². The third-order valence-corrected chi connectivity index (χ3v) is 5.16. The van der Waals surface area contributed by atoms with Gasteiger partial charge in [-0.2, -0.15) is 0 Å². The molecule has 4 rings (SSSR count). The molecule has 4 aromatic rings. The minimum Gasteiger partial charge on any atom is -0.463 e. The summed E-state index contributed by atoms with van der Waals surface area (Å²) in [6.07, 6.45) is 0. The molecule has 0 unspecified atom stereocenters. The van der Waals surface area contributed by atoms with Crippen LogP contribution in [-0.4, -0.2) is 71.1 Å². The Hall–Kier alpha value is -5.12. The highest BCUT2D eigenvalue weighted by molar-refractivity contribution is 5.87. The van der Waals surface area contributed by atoms with E-state index in [2.05, 4.69) is 18.9 Å². The number of aryl methyl sites for hydroxylation is 1. The zero-order valence-corrected chi connectivity index (χ0v) is 26.6.